The van der Waals surface area contributed by atoms with E-state index < -0.39 is 15.4 Å². The van der Waals surface area contributed by atoms with Crippen molar-refractivity contribution in [2.45, 2.75) is 154 Å². The normalized spacial score (nSPS) is 13.7. The maximum absolute atomic E-state index is 11.4. The van der Waals surface area contributed by atoms with Gasteiger partial charge >= 0.3 is 51.4 Å². The van der Waals surface area contributed by atoms with Crippen molar-refractivity contribution in [3.63, 3.8) is 0 Å². The van der Waals surface area contributed by atoms with Crippen LogP contribution in [0.25, 0.3) is 0 Å². The summed E-state index contributed by atoms with van der Waals surface area (Å²) in [6.07, 6.45) is 21.0. The summed E-state index contributed by atoms with van der Waals surface area (Å²) in [5.74, 6) is 0. The zero-order valence-corrected chi connectivity index (χ0v) is 24.3. The van der Waals surface area contributed by atoms with Gasteiger partial charge in [0.1, 0.15) is 0 Å². The van der Waals surface area contributed by atoms with Gasteiger partial charge in [0, 0.05) is 5.25 Å². The Balaban J connectivity index is 0. The van der Waals surface area contributed by atoms with E-state index >= 15 is 0 Å². The van der Waals surface area contributed by atoms with Crippen LogP contribution in [0.4, 0.5) is 0 Å². The molecule has 0 bridgehead atoms. The molecule has 0 fully saturated rings. The fourth-order valence-corrected chi connectivity index (χ4v) is 4.91. The minimum Gasteiger partial charge on any atom is -0.748 e. The zero-order valence-electron chi connectivity index (χ0n) is 20.4. The molecule has 4 nitrogen and oxygen atoms in total. The van der Waals surface area contributed by atoms with Gasteiger partial charge in [0.05, 0.1) is 16.2 Å². The second-order valence-electron chi connectivity index (χ2n) is 8.87. The van der Waals surface area contributed by atoms with Crippen molar-refractivity contribution < 1.29 is 69.5 Å². The number of aliphatic hydroxyl groups is 1. The van der Waals surface area contributed by atoms with Gasteiger partial charge in [-0.15, -0.1) is 0 Å². The fourth-order valence-electron chi connectivity index (χ4n) is 4.00. The summed E-state index contributed by atoms with van der Waals surface area (Å²) >= 11 is 0. The monoisotopic (exact) mass is 472 g/mol. The van der Waals surface area contributed by atoms with Crippen molar-refractivity contribution in [1.29, 1.82) is 0 Å². The summed E-state index contributed by atoms with van der Waals surface area (Å²) < 4.78 is 34.1. The van der Waals surface area contributed by atoms with Crippen molar-refractivity contribution >= 4 is 10.1 Å². The molecular formula is C24H49KO4S. The molecule has 2 unspecified atom stereocenters. The second-order valence-corrected chi connectivity index (χ2v) is 10.5. The van der Waals surface area contributed by atoms with Gasteiger partial charge in [0.15, 0.2) is 0 Å². The summed E-state index contributed by atoms with van der Waals surface area (Å²) in [5.41, 5.74) is 0. The molecule has 176 valence electrons. The average molecular weight is 473 g/mol. The molecule has 0 rings (SSSR count). The van der Waals surface area contributed by atoms with E-state index in [0.29, 0.717) is 12.8 Å². The van der Waals surface area contributed by atoms with Crippen LogP contribution >= 0.6 is 0 Å². The van der Waals surface area contributed by atoms with E-state index in [0.717, 1.165) is 64.2 Å². The summed E-state index contributed by atoms with van der Waals surface area (Å²) in [4.78, 5) is 0. The molecule has 6 heteroatoms. The summed E-state index contributed by atoms with van der Waals surface area (Å²) in [6.45, 7) is 4.29. The van der Waals surface area contributed by atoms with E-state index in [9.17, 15) is 18.1 Å². The van der Waals surface area contributed by atoms with Gasteiger partial charge in [0.2, 0.25) is 0 Å². The first-order chi connectivity index (χ1) is 13.9. The molecule has 0 heterocycles. The predicted molar refractivity (Wildman–Crippen MR) is 123 cm³/mol. The van der Waals surface area contributed by atoms with Crippen molar-refractivity contribution in [2.75, 3.05) is 0 Å². The molecular weight excluding hydrogens is 423 g/mol. The van der Waals surface area contributed by atoms with Crippen LogP contribution in [0.5, 0.6) is 0 Å². The quantitative estimate of drug-likeness (QED) is 0.146. The SMILES string of the molecule is CCCCCCC(O)CCCCCCCCCCCC(CCCCC)S(=O)(=O)[O-].[K+]. The van der Waals surface area contributed by atoms with Crippen LogP contribution in [0, 0.1) is 0 Å². The van der Waals surface area contributed by atoms with E-state index in [-0.39, 0.29) is 57.5 Å². The topological polar surface area (TPSA) is 77.4 Å². The minimum atomic E-state index is -4.14. The average Bonchev–Trinajstić information content (AvgIpc) is 2.67. The maximum Gasteiger partial charge on any atom is 1.00 e. The smallest absolute Gasteiger partial charge is 0.748 e. The van der Waals surface area contributed by atoms with Crippen LogP contribution in [-0.4, -0.2) is 29.4 Å². The molecule has 0 aromatic rings. The van der Waals surface area contributed by atoms with Crippen LogP contribution in [0.2, 0.25) is 0 Å². The van der Waals surface area contributed by atoms with E-state index in [1.165, 1.54) is 51.4 Å². The van der Waals surface area contributed by atoms with Crippen molar-refractivity contribution in [2.24, 2.45) is 0 Å². The first-order valence-electron chi connectivity index (χ1n) is 12.5. The molecule has 0 saturated heterocycles. The third kappa shape index (κ3) is 22.7. The van der Waals surface area contributed by atoms with E-state index in [2.05, 4.69) is 13.8 Å². The van der Waals surface area contributed by atoms with E-state index in [4.69, 9.17) is 0 Å². The number of rotatable bonds is 22. The van der Waals surface area contributed by atoms with Gasteiger partial charge in [-0.1, -0.05) is 117 Å². The predicted octanol–water partition coefficient (Wildman–Crippen LogP) is 4.11. The Hall–Kier alpha value is 1.51. The summed E-state index contributed by atoms with van der Waals surface area (Å²) in [6, 6.07) is 0. The molecule has 0 aliphatic carbocycles. The Morgan fingerprint density at radius 3 is 1.30 bits per heavy atom. The van der Waals surface area contributed by atoms with Crippen molar-refractivity contribution in [1.82, 2.24) is 0 Å². The van der Waals surface area contributed by atoms with Crippen LogP contribution < -0.4 is 51.4 Å². The van der Waals surface area contributed by atoms with Crippen molar-refractivity contribution in [3.05, 3.63) is 0 Å². The Morgan fingerprint density at radius 1 is 0.600 bits per heavy atom. The van der Waals surface area contributed by atoms with Crippen LogP contribution in [0.15, 0.2) is 0 Å². The van der Waals surface area contributed by atoms with Crippen LogP contribution in [0.1, 0.15) is 142 Å². The fraction of sp³-hybridized carbons (Fsp3) is 1.00. The molecule has 0 aliphatic heterocycles. The van der Waals surface area contributed by atoms with Gasteiger partial charge in [0.25, 0.3) is 0 Å². The summed E-state index contributed by atoms with van der Waals surface area (Å²) in [7, 11) is -4.14. The molecule has 0 aliphatic rings. The molecule has 1 N–H and O–H groups in total. The number of hydrogen-bond donors (Lipinski definition) is 1. The molecule has 0 radical (unpaired) electrons. The maximum atomic E-state index is 11.4. The third-order valence-corrected chi connectivity index (χ3v) is 7.28. The van der Waals surface area contributed by atoms with Gasteiger partial charge in [-0.3, -0.25) is 0 Å². The van der Waals surface area contributed by atoms with E-state index in [1.54, 1.807) is 0 Å². The third-order valence-electron chi connectivity index (χ3n) is 5.99. The van der Waals surface area contributed by atoms with E-state index in [1.807, 2.05) is 0 Å². The van der Waals surface area contributed by atoms with Crippen LogP contribution in [-0.2, 0) is 10.1 Å². The molecule has 0 aromatic carbocycles. The Bertz CT molecular complexity index is 442. The number of aliphatic hydroxyl groups excluding tert-OH is 1. The standard InChI is InChI=1S/C24H50O4S.K/c1-3-5-7-16-19-23(25)20-17-13-11-9-8-10-12-14-18-22-24(29(26,27)28)21-15-6-4-2;/h23-25H,3-22H2,1-2H3,(H,26,27,28);/q;+1/p-1. The first kappa shape index (κ1) is 33.7. The van der Waals surface area contributed by atoms with Crippen LogP contribution in [0.3, 0.4) is 0 Å². The van der Waals surface area contributed by atoms with Gasteiger partial charge in [-0.25, -0.2) is 8.42 Å². The molecule has 0 aromatic heterocycles. The second kappa shape index (κ2) is 23.7. The molecule has 0 amide bonds. The molecule has 2 atom stereocenters. The van der Waals surface area contributed by atoms with Gasteiger partial charge in [-0.05, 0) is 25.7 Å². The largest absolute Gasteiger partial charge is 1.00 e. The van der Waals surface area contributed by atoms with Gasteiger partial charge < -0.3 is 9.66 Å². The number of unbranched alkanes of at least 4 members (excludes halogenated alkanes) is 13. The Morgan fingerprint density at radius 2 is 0.900 bits per heavy atom. The molecule has 30 heavy (non-hydrogen) atoms. The first-order valence-corrected chi connectivity index (χ1v) is 14.0. The Kier molecular flexibility index (Phi) is 26.6. The minimum absolute atomic E-state index is 0. The van der Waals surface area contributed by atoms with Crippen molar-refractivity contribution in [3.8, 4) is 0 Å². The Labute approximate surface area is 230 Å². The zero-order chi connectivity index (χ0) is 21.8. The summed E-state index contributed by atoms with van der Waals surface area (Å²) in [5, 5.41) is 9.29. The number of hydrogen-bond acceptors (Lipinski definition) is 4. The van der Waals surface area contributed by atoms with Gasteiger partial charge in [-0.2, -0.15) is 0 Å². The molecule has 0 saturated carbocycles. The molecule has 0 spiro atoms.